The number of alkyl carbamates (subject to hydrolysis) is 1. The maximum atomic E-state index is 14.2. The van der Waals surface area contributed by atoms with E-state index < -0.39 is 23.8 Å². The number of benzene rings is 1. The standard InChI is InChI=1S/C29H49N3O4/c1-12-15-21(7)30-26(33)25(23-17-14-16-20(6)22(23)8)32(18(3)4)27(34)24(19(5)13-2)31-28(35)36-29(9,10)11/h14,16-19,21,24-25H,12-13,15H2,1-11H3,(H,30,33)(H,31,35). The van der Waals surface area contributed by atoms with Gasteiger partial charge in [-0.25, -0.2) is 4.79 Å². The molecule has 0 aromatic heterocycles. The highest BCUT2D eigenvalue weighted by Crippen LogP contribution is 2.30. The van der Waals surface area contributed by atoms with Gasteiger partial charge in [0, 0.05) is 12.1 Å². The molecule has 1 aromatic carbocycles. The zero-order valence-electron chi connectivity index (χ0n) is 24.3. The van der Waals surface area contributed by atoms with Crippen molar-refractivity contribution in [1.82, 2.24) is 15.5 Å². The van der Waals surface area contributed by atoms with E-state index in [0.29, 0.717) is 6.42 Å². The van der Waals surface area contributed by atoms with Crippen LogP contribution in [0.1, 0.15) is 104 Å². The molecule has 4 atom stereocenters. The van der Waals surface area contributed by atoms with Crippen molar-refractivity contribution >= 4 is 17.9 Å². The van der Waals surface area contributed by atoms with Crippen molar-refractivity contribution in [2.75, 3.05) is 0 Å². The van der Waals surface area contributed by atoms with Crippen molar-refractivity contribution in [2.45, 2.75) is 125 Å². The molecular formula is C29H49N3O4. The molecule has 3 amide bonds. The van der Waals surface area contributed by atoms with Gasteiger partial charge in [-0.15, -0.1) is 0 Å². The highest BCUT2D eigenvalue weighted by molar-refractivity contribution is 5.92. The number of ether oxygens (including phenoxy) is 1. The van der Waals surface area contributed by atoms with Crippen LogP contribution in [0.5, 0.6) is 0 Å². The Morgan fingerprint density at radius 3 is 2.11 bits per heavy atom. The van der Waals surface area contributed by atoms with Crippen molar-refractivity contribution in [2.24, 2.45) is 5.92 Å². The van der Waals surface area contributed by atoms with Crippen LogP contribution in [-0.2, 0) is 14.3 Å². The van der Waals surface area contributed by atoms with Crippen molar-refractivity contribution in [1.29, 1.82) is 0 Å². The number of rotatable bonds is 11. The monoisotopic (exact) mass is 503 g/mol. The van der Waals surface area contributed by atoms with Crippen LogP contribution in [0.2, 0.25) is 0 Å². The minimum Gasteiger partial charge on any atom is -0.444 e. The second kappa shape index (κ2) is 13.7. The van der Waals surface area contributed by atoms with E-state index in [1.807, 2.05) is 66.7 Å². The quantitative estimate of drug-likeness (QED) is 0.398. The number of nitrogens with one attached hydrogen (secondary N) is 2. The van der Waals surface area contributed by atoms with E-state index in [0.717, 1.165) is 29.5 Å². The van der Waals surface area contributed by atoms with Crippen LogP contribution in [-0.4, -0.2) is 46.5 Å². The lowest BCUT2D eigenvalue weighted by molar-refractivity contribution is -0.145. The van der Waals surface area contributed by atoms with Gasteiger partial charge in [-0.2, -0.15) is 0 Å². The Morgan fingerprint density at radius 2 is 1.61 bits per heavy atom. The van der Waals surface area contributed by atoms with E-state index in [1.54, 1.807) is 25.7 Å². The van der Waals surface area contributed by atoms with Gasteiger partial charge in [0.05, 0.1) is 0 Å². The van der Waals surface area contributed by atoms with Crippen molar-refractivity contribution in [3.05, 3.63) is 34.9 Å². The Hall–Kier alpha value is -2.57. The SMILES string of the molecule is CCCC(C)NC(=O)C(c1cccc(C)c1C)N(C(=O)C(NC(=O)OC(C)(C)C)C(C)CC)C(C)C. The summed E-state index contributed by atoms with van der Waals surface area (Å²) in [6, 6.07) is 3.86. The van der Waals surface area contributed by atoms with Crippen LogP contribution < -0.4 is 10.6 Å². The average Bonchev–Trinajstić information content (AvgIpc) is 2.75. The molecule has 0 aliphatic heterocycles. The van der Waals surface area contributed by atoms with Crippen LogP contribution in [0.4, 0.5) is 4.79 Å². The average molecular weight is 504 g/mol. The van der Waals surface area contributed by atoms with Crippen LogP contribution in [0.3, 0.4) is 0 Å². The predicted molar refractivity (Wildman–Crippen MR) is 146 cm³/mol. The zero-order valence-corrected chi connectivity index (χ0v) is 24.3. The minimum absolute atomic E-state index is 0.0236. The molecule has 1 aromatic rings. The zero-order chi connectivity index (χ0) is 27.8. The molecule has 2 N–H and O–H groups in total. The van der Waals surface area contributed by atoms with Gasteiger partial charge >= 0.3 is 6.09 Å². The van der Waals surface area contributed by atoms with E-state index in [1.165, 1.54) is 0 Å². The fourth-order valence-corrected chi connectivity index (χ4v) is 4.27. The molecule has 0 spiro atoms. The smallest absolute Gasteiger partial charge is 0.408 e. The number of hydrogen-bond acceptors (Lipinski definition) is 4. The summed E-state index contributed by atoms with van der Waals surface area (Å²) >= 11 is 0. The topological polar surface area (TPSA) is 87.7 Å². The summed E-state index contributed by atoms with van der Waals surface area (Å²) < 4.78 is 5.46. The summed E-state index contributed by atoms with van der Waals surface area (Å²) in [6.45, 7) is 21.1. The molecule has 0 radical (unpaired) electrons. The summed E-state index contributed by atoms with van der Waals surface area (Å²) in [7, 11) is 0. The molecule has 204 valence electrons. The number of hydrogen-bond donors (Lipinski definition) is 2. The lowest BCUT2D eigenvalue weighted by Gasteiger charge is -2.39. The molecule has 36 heavy (non-hydrogen) atoms. The van der Waals surface area contributed by atoms with E-state index in [9.17, 15) is 14.4 Å². The van der Waals surface area contributed by atoms with Gasteiger partial charge in [-0.05, 0) is 84.4 Å². The highest BCUT2D eigenvalue weighted by Gasteiger charge is 2.40. The lowest BCUT2D eigenvalue weighted by atomic mass is 9.92. The van der Waals surface area contributed by atoms with Gasteiger partial charge in [-0.1, -0.05) is 51.8 Å². The first-order valence-electron chi connectivity index (χ1n) is 13.3. The number of amides is 3. The number of carbonyl (C=O) groups excluding carboxylic acids is 3. The number of nitrogens with zero attached hydrogens (tertiary/aromatic N) is 1. The summed E-state index contributed by atoms with van der Waals surface area (Å²) in [5, 5.41) is 5.93. The summed E-state index contributed by atoms with van der Waals surface area (Å²) in [5.41, 5.74) is 2.12. The van der Waals surface area contributed by atoms with E-state index in [4.69, 9.17) is 4.74 Å². The second-order valence-corrected chi connectivity index (χ2v) is 11.2. The Morgan fingerprint density at radius 1 is 1.00 bits per heavy atom. The van der Waals surface area contributed by atoms with E-state index >= 15 is 0 Å². The molecule has 0 saturated carbocycles. The van der Waals surface area contributed by atoms with E-state index in [2.05, 4.69) is 17.6 Å². The molecule has 0 aliphatic rings. The van der Waals surface area contributed by atoms with Gasteiger partial charge in [0.15, 0.2) is 0 Å². The van der Waals surface area contributed by atoms with Crippen LogP contribution >= 0.6 is 0 Å². The van der Waals surface area contributed by atoms with Gasteiger partial charge in [0.2, 0.25) is 11.8 Å². The molecule has 0 fully saturated rings. The molecule has 0 saturated heterocycles. The molecule has 0 aliphatic carbocycles. The Kier molecular flexibility index (Phi) is 11.9. The number of aryl methyl sites for hydroxylation is 1. The third kappa shape index (κ3) is 8.82. The first kappa shape index (κ1) is 31.5. The van der Waals surface area contributed by atoms with Crippen LogP contribution in [0, 0.1) is 19.8 Å². The van der Waals surface area contributed by atoms with Crippen molar-refractivity contribution < 1.29 is 19.1 Å². The van der Waals surface area contributed by atoms with Crippen molar-refractivity contribution in [3.8, 4) is 0 Å². The largest absolute Gasteiger partial charge is 0.444 e. The molecule has 0 heterocycles. The van der Waals surface area contributed by atoms with E-state index in [-0.39, 0.29) is 29.8 Å². The first-order valence-corrected chi connectivity index (χ1v) is 13.3. The van der Waals surface area contributed by atoms with Crippen LogP contribution in [0.25, 0.3) is 0 Å². The molecular weight excluding hydrogens is 454 g/mol. The van der Waals surface area contributed by atoms with Gasteiger partial charge < -0.3 is 20.3 Å². The highest BCUT2D eigenvalue weighted by atomic mass is 16.6. The Labute approximate surface area is 218 Å². The molecule has 7 heteroatoms. The second-order valence-electron chi connectivity index (χ2n) is 11.2. The predicted octanol–water partition coefficient (Wildman–Crippen LogP) is 5.83. The fourth-order valence-electron chi connectivity index (χ4n) is 4.27. The third-order valence-corrected chi connectivity index (χ3v) is 6.54. The maximum Gasteiger partial charge on any atom is 0.408 e. The first-order chi connectivity index (χ1) is 16.6. The maximum absolute atomic E-state index is 14.2. The van der Waals surface area contributed by atoms with Crippen molar-refractivity contribution in [3.63, 3.8) is 0 Å². The van der Waals surface area contributed by atoms with Gasteiger partial charge in [0.1, 0.15) is 17.7 Å². The van der Waals surface area contributed by atoms with Crippen LogP contribution in [0.15, 0.2) is 18.2 Å². The molecule has 7 nitrogen and oxygen atoms in total. The summed E-state index contributed by atoms with van der Waals surface area (Å²) in [4.78, 5) is 42.3. The number of carbonyl (C=O) groups is 3. The summed E-state index contributed by atoms with van der Waals surface area (Å²) in [5.74, 6) is -0.672. The molecule has 0 bridgehead atoms. The molecule has 4 unspecified atom stereocenters. The lowest BCUT2D eigenvalue weighted by Crippen LogP contribution is -2.57. The Balaban J connectivity index is 3.58. The molecule has 1 rings (SSSR count). The minimum atomic E-state index is -0.833. The normalized spacial score (nSPS) is 15.0. The van der Waals surface area contributed by atoms with Gasteiger partial charge in [0.25, 0.3) is 0 Å². The van der Waals surface area contributed by atoms with Gasteiger partial charge in [-0.3, -0.25) is 9.59 Å². The third-order valence-electron chi connectivity index (χ3n) is 6.54. The Bertz CT molecular complexity index is 891. The summed E-state index contributed by atoms with van der Waals surface area (Å²) in [6.07, 6.45) is 1.81. The fraction of sp³-hybridized carbons (Fsp3) is 0.690.